The van der Waals surface area contributed by atoms with E-state index in [0.717, 1.165) is 35.3 Å². The maximum atomic E-state index is 14.1. The minimum Gasteiger partial charge on any atom is -0.617 e. The molecule has 0 aliphatic carbocycles. The highest BCUT2D eigenvalue weighted by Crippen LogP contribution is 2.37. The number of aromatic nitrogens is 5. The van der Waals surface area contributed by atoms with E-state index in [1.807, 2.05) is 12.3 Å². The molecule has 5 rings (SSSR count). The van der Waals surface area contributed by atoms with Gasteiger partial charge in [-0.25, -0.2) is 15.0 Å². The van der Waals surface area contributed by atoms with Crippen molar-refractivity contribution < 1.29 is 8.94 Å². The summed E-state index contributed by atoms with van der Waals surface area (Å²) in [6, 6.07) is 8.12. The second kappa shape index (κ2) is 9.43. The third-order valence-electron chi connectivity index (χ3n) is 6.24. The van der Waals surface area contributed by atoms with E-state index in [4.69, 9.17) is 0 Å². The zero-order valence-electron chi connectivity index (χ0n) is 20.2. The molecule has 0 radical (unpaired) electrons. The molecule has 0 spiro atoms. The third-order valence-corrected chi connectivity index (χ3v) is 7.18. The summed E-state index contributed by atoms with van der Waals surface area (Å²) < 4.78 is 27.1. The van der Waals surface area contributed by atoms with Gasteiger partial charge < -0.3 is 14.8 Å². The van der Waals surface area contributed by atoms with E-state index in [9.17, 15) is 8.94 Å². The van der Waals surface area contributed by atoms with Crippen LogP contribution >= 0.6 is 0 Å². The van der Waals surface area contributed by atoms with Gasteiger partial charge in [0.2, 0.25) is 5.95 Å². The van der Waals surface area contributed by atoms with Crippen LogP contribution in [0.3, 0.4) is 0 Å². The second-order valence-corrected chi connectivity index (χ2v) is 10.8. The fraction of sp³-hybridized carbons (Fsp3) is 0.360. The van der Waals surface area contributed by atoms with Crippen LogP contribution in [0.1, 0.15) is 25.3 Å². The number of nitrogens with one attached hydrogen (secondary N) is 1. The molecular formula is C25H28FN7OS. The Labute approximate surface area is 206 Å². The van der Waals surface area contributed by atoms with Gasteiger partial charge in [0.05, 0.1) is 11.8 Å². The minimum atomic E-state index is -0.773. The number of halogens is 1. The lowest BCUT2D eigenvalue weighted by Gasteiger charge is -2.41. The summed E-state index contributed by atoms with van der Waals surface area (Å²) in [5.41, 5.74) is 2.63. The van der Waals surface area contributed by atoms with Crippen LogP contribution in [0.25, 0.3) is 22.2 Å². The number of rotatable bonds is 7. The Kier molecular flexibility index (Phi) is 6.33. The van der Waals surface area contributed by atoms with E-state index in [1.54, 1.807) is 31.8 Å². The van der Waals surface area contributed by atoms with E-state index in [2.05, 4.69) is 56.2 Å². The number of benzene rings is 1. The van der Waals surface area contributed by atoms with Crippen LogP contribution in [-0.4, -0.2) is 54.4 Å². The van der Waals surface area contributed by atoms with Crippen LogP contribution in [-0.2, 0) is 18.2 Å². The fourth-order valence-corrected chi connectivity index (χ4v) is 5.47. The molecule has 1 atom stereocenters. The first-order valence-electron chi connectivity index (χ1n) is 11.6. The summed E-state index contributed by atoms with van der Waals surface area (Å²) >= 11 is -0.773. The summed E-state index contributed by atoms with van der Waals surface area (Å²) in [6.45, 7) is 6.17. The number of hydrogen-bond acceptors (Lipinski definition) is 7. The Balaban J connectivity index is 1.45. The van der Waals surface area contributed by atoms with E-state index in [-0.39, 0.29) is 11.4 Å². The molecule has 35 heavy (non-hydrogen) atoms. The van der Waals surface area contributed by atoms with Gasteiger partial charge >= 0.3 is 0 Å². The highest BCUT2D eigenvalue weighted by molar-refractivity contribution is 7.90. The Hall–Kier alpha value is -3.24. The number of pyridine rings is 1. The van der Waals surface area contributed by atoms with E-state index in [0.29, 0.717) is 23.5 Å². The fourth-order valence-electron chi connectivity index (χ4n) is 4.60. The molecule has 1 aromatic carbocycles. The zero-order valence-corrected chi connectivity index (χ0v) is 21.0. The van der Waals surface area contributed by atoms with Crippen molar-refractivity contribution in [2.45, 2.75) is 19.8 Å². The molecule has 1 fully saturated rings. The van der Waals surface area contributed by atoms with Gasteiger partial charge in [0.25, 0.3) is 0 Å². The van der Waals surface area contributed by atoms with Gasteiger partial charge in [-0.2, -0.15) is 4.39 Å². The van der Waals surface area contributed by atoms with Crippen molar-refractivity contribution in [3.63, 3.8) is 0 Å². The molecule has 4 aromatic rings. The molecule has 1 saturated heterocycles. The molecule has 1 unspecified atom stereocenters. The molecule has 1 aliphatic heterocycles. The predicted molar refractivity (Wildman–Crippen MR) is 138 cm³/mol. The Morgan fingerprint density at radius 2 is 1.97 bits per heavy atom. The first-order chi connectivity index (χ1) is 16.8. The van der Waals surface area contributed by atoms with Gasteiger partial charge in [0.15, 0.2) is 5.82 Å². The van der Waals surface area contributed by atoms with Crippen molar-refractivity contribution in [1.29, 1.82) is 0 Å². The molecule has 0 saturated carbocycles. The van der Waals surface area contributed by atoms with Gasteiger partial charge in [0.1, 0.15) is 17.4 Å². The maximum absolute atomic E-state index is 14.1. The average molecular weight is 494 g/mol. The SMILES string of the molecule is CC(C)c1ccc(N2CC(C[S+](C)[O-])C2)c2cnc(Nc3ccnc(-c4cn(C)nc4F)n3)cc12. The average Bonchev–Trinajstić information content (AvgIpc) is 3.13. The molecule has 182 valence electrons. The molecule has 0 amide bonds. The summed E-state index contributed by atoms with van der Waals surface area (Å²) in [4.78, 5) is 15.6. The third kappa shape index (κ3) is 4.81. The van der Waals surface area contributed by atoms with Crippen molar-refractivity contribution in [3.05, 3.63) is 54.4 Å². The molecule has 8 nitrogen and oxygen atoms in total. The van der Waals surface area contributed by atoms with Crippen LogP contribution in [0.5, 0.6) is 0 Å². The largest absolute Gasteiger partial charge is 0.617 e. The Morgan fingerprint density at radius 3 is 2.66 bits per heavy atom. The number of aryl methyl sites for hydroxylation is 1. The van der Waals surface area contributed by atoms with E-state index in [1.165, 1.54) is 10.2 Å². The molecule has 10 heteroatoms. The van der Waals surface area contributed by atoms with Gasteiger partial charge in [-0.1, -0.05) is 31.1 Å². The number of anilines is 3. The summed E-state index contributed by atoms with van der Waals surface area (Å²) in [7, 11) is 1.65. The lowest BCUT2D eigenvalue weighted by Crippen LogP contribution is -2.49. The highest BCUT2D eigenvalue weighted by atomic mass is 32.2. The van der Waals surface area contributed by atoms with Gasteiger partial charge in [-0.3, -0.25) is 4.68 Å². The summed E-state index contributed by atoms with van der Waals surface area (Å²) in [6.07, 6.45) is 6.80. The van der Waals surface area contributed by atoms with Crippen molar-refractivity contribution in [1.82, 2.24) is 24.7 Å². The lowest BCUT2D eigenvalue weighted by molar-refractivity contribution is 0.445. The quantitative estimate of drug-likeness (QED) is 0.385. The number of fused-ring (bicyclic) bond motifs is 1. The zero-order chi connectivity index (χ0) is 24.7. The van der Waals surface area contributed by atoms with Crippen molar-refractivity contribution in [3.8, 4) is 11.4 Å². The van der Waals surface area contributed by atoms with Gasteiger partial charge in [0, 0.05) is 55.7 Å². The number of nitrogens with zero attached hydrogens (tertiary/aromatic N) is 6. The highest BCUT2D eigenvalue weighted by Gasteiger charge is 2.31. The first-order valence-corrected chi connectivity index (χ1v) is 13.3. The molecule has 4 heterocycles. The Morgan fingerprint density at radius 1 is 1.17 bits per heavy atom. The lowest BCUT2D eigenvalue weighted by atomic mass is 9.93. The van der Waals surface area contributed by atoms with E-state index < -0.39 is 17.1 Å². The molecule has 1 N–H and O–H groups in total. The van der Waals surface area contributed by atoms with E-state index >= 15 is 0 Å². The van der Waals surface area contributed by atoms with Crippen LogP contribution in [0.15, 0.2) is 42.9 Å². The van der Waals surface area contributed by atoms with Crippen LogP contribution in [0.4, 0.5) is 21.7 Å². The van der Waals surface area contributed by atoms with Crippen molar-refractivity contribution >= 4 is 39.3 Å². The standard InChI is InChI=1S/C25H28FN7OS/c1-15(2)17-5-6-21(33-11-16(12-33)14-35(4)34)19-10-28-23(9-18(17)19)29-22-7-8-27-25(30-22)20-13-32(3)31-24(20)26/h5-10,13,15-16H,11-12,14H2,1-4H3,(H,27,28,29,30). The van der Waals surface area contributed by atoms with Gasteiger partial charge in [-0.15, -0.1) is 5.10 Å². The van der Waals surface area contributed by atoms with Crippen LogP contribution < -0.4 is 10.2 Å². The van der Waals surface area contributed by atoms with Crippen molar-refractivity contribution in [2.75, 3.05) is 35.3 Å². The minimum absolute atomic E-state index is 0.245. The summed E-state index contributed by atoms with van der Waals surface area (Å²) in [5, 5.41) is 9.20. The normalized spacial score (nSPS) is 15.0. The first kappa shape index (κ1) is 23.5. The number of hydrogen-bond donors (Lipinski definition) is 1. The van der Waals surface area contributed by atoms with Crippen LogP contribution in [0, 0.1) is 11.9 Å². The molecule has 1 aliphatic rings. The predicted octanol–water partition coefficient (Wildman–Crippen LogP) is 4.25. The van der Waals surface area contributed by atoms with Gasteiger partial charge in [-0.05, 0) is 35.1 Å². The second-order valence-electron chi connectivity index (χ2n) is 9.35. The summed E-state index contributed by atoms with van der Waals surface area (Å²) in [5.74, 6) is 2.36. The monoisotopic (exact) mass is 493 g/mol. The smallest absolute Gasteiger partial charge is 0.243 e. The topological polar surface area (TPSA) is 94.8 Å². The molecule has 0 bridgehead atoms. The maximum Gasteiger partial charge on any atom is 0.243 e. The Bertz CT molecular complexity index is 1370. The van der Waals surface area contributed by atoms with Crippen LogP contribution in [0.2, 0.25) is 0 Å². The molecule has 3 aromatic heterocycles. The van der Waals surface area contributed by atoms with Crippen molar-refractivity contribution in [2.24, 2.45) is 13.0 Å². The molecular weight excluding hydrogens is 465 g/mol.